The van der Waals surface area contributed by atoms with Crippen LogP contribution >= 0.6 is 22.7 Å². The standard InChI is InChI=1S/C32H27N3O5S2/c1-20(21-9-5-4-6-10-21)39-31(37)34-29-22(19-33-35(29)2)13-14-23-17-26-27(41-23)18-28(42-26)32(15-16-32)30(36)40-25-12-8-7-11-24(25)38-3/h4-12,17-20H,15-16H2,1-3H3,(H,34,37)/t20-/m1/s1. The molecule has 0 aliphatic heterocycles. The SMILES string of the molecule is COc1ccccc1OC(=O)C1(c2cc3sc(C#Cc4cnn(C)c4NC(=O)O[C@H](C)c4ccccc4)cc3s2)CC1. The molecule has 1 N–H and O–H groups in total. The number of methoxy groups -OCH3 is 1. The van der Waals surface area contributed by atoms with Crippen LogP contribution < -0.4 is 14.8 Å². The quantitative estimate of drug-likeness (QED) is 0.123. The van der Waals surface area contributed by atoms with Gasteiger partial charge in [-0.15, -0.1) is 22.7 Å². The van der Waals surface area contributed by atoms with Crippen LogP contribution in [0.1, 0.15) is 46.8 Å². The molecule has 1 fully saturated rings. The third-order valence-electron chi connectivity index (χ3n) is 7.12. The molecule has 0 saturated heterocycles. The summed E-state index contributed by atoms with van der Waals surface area (Å²) in [5.41, 5.74) is 0.869. The largest absolute Gasteiger partial charge is 0.493 e. The maximum atomic E-state index is 13.2. The zero-order valence-corrected chi connectivity index (χ0v) is 24.8. The molecule has 1 amide bonds. The second kappa shape index (κ2) is 11.4. The summed E-state index contributed by atoms with van der Waals surface area (Å²) in [5.74, 6) is 7.48. The Morgan fingerprint density at radius 2 is 1.71 bits per heavy atom. The lowest BCUT2D eigenvalue weighted by molar-refractivity contribution is -0.137. The fourth-order valence-electron chi connectivity index (χ4n) is 4.59. The molecule has 1 atom stereocenters. The molecule has 1 saturated carbocycles. The summed E-state index contributed by atoms with van der Waals surface area (Å²) in [6, 6.07) is 20.8. The second-order valence-electron chi connectivity index (χ2n) is 9.94. The van der Waals surface area contributed by atoms with Crippen molar-refractivity contribution >= 4 is 50.0 Å². The minimum Gasteiger partial charge on any atom is -0.493 e. The summed E-state index contributed by atoms with van der Waals surface area (Å²) in [7, 11) is 3.29. The fourth-order valence-corrected chi connectivity index (χ4v) is 7.08. The minimum atomic E-state index is -0.612. The van der Waals surface area contributed by atoms with Gasteiger partial charge >= 0.3 is 12.1 Å². The van der Waals surface area contributed by atoms with E-state index in [1.807, 2.05) is 55.5 Å². The van der Waals surface area contributed by atoms with E-state index in [1.54, 1.807) is 59.8 Å². The van der Waals surface area contributed by atoms with Gasteiger partial charge in [0.05, 0.1) is 23.7 Å². The Hall–Kier alpha value is -4.59. The highest BCUT2D eigenvalue weighted by molar-refractivity contribution is 7.28. The van der Waals surface area contributed by atoms with Gasteiger partial charge in [-0.2, -0.15) is 5.10 Å². The number of rotatable bonds is 7. The van der Waals surface area contributed by atoms with Gasteiger partial charge in [0.1, 0.15) is 17.3 Å². The summed E-state index contributed by atoms with van der Waals surface area (Å²) in [6.07, 6.45) is 2.13. The van der Waals surface area contributed by atoms with Gasteiger partial charge < -0.3 is 14.2 Å². The van der Waals surface area contributed by atoms with Crippen LogP contribution in [-0.2, 0) is 22.0 Å². The number of carbonyl (C=O) groups is 2. The molecule has 0 spiro atoms. The van der Waals surface area contributed by atoms with Crippen molar-refractivity contribution in [2.45, 2.75) is 31.3 Å². The number of fused-ring (bicyclic) bond motifs is 1. The van der Waals surface area contributed by atoms with Crippen molar-refractivity contribution in [2.75, 3.05) is 12.4 Å². The Bertz CT molecular complexity index is 1810. The van der Waals surface area contributed by atoms with Crippen molar-refractivity contribution in [1.82, 2.24) is 9.78 Å². The lowest BCUT2D eigenvalue weighted by Crippen LogP contribution is -2.25. The van der Waals surface area contributed by atoms with E-state index in [9.17, 15) is 9.59 Å². The molecule has 3 aromatic heterocycles. The third kappa shape index (κ3) is 5.49. The van der Waals surface area contributed by atoms with Crippen LogP contribution in [0.3, 0.4) is 0 Å². The third-order valence-corrected chi connectivity index (χ3v) is 9.54. The van der Waals surface area contributed by atoms with E-state index in [1.165, 1.54) is 0 Å². The van der Waals surface area contributed by atoms with Crippen molar-refractivity contribution in [3.05, 3.63) is 93.8 Å². The van der Waals surface area contributed by atoms with Crippen molar-refractivity contribution in [2.24, 2.45) is 7.05 Å². The van der Waals surface area contributed by atoms with Crippen LogP contribution in [0.5, 0.6) is 11.5 Å². The number of esters is 1. The molecule has 2 aromatic carbocycles. The number of ether oxygens (including phenoxy) is 3. The van der Waals surface area contributed by atoms with Gasteiger partial charge in [-0.3, -0.25) is 14.8 Å². The highest BCUT2D eigenvalue weighted by atomic mass is 32.1. The van der Waals surface area contributed by atoms with Gasteiger partial charge in [-0.25, -0.2) is 4.79 Å². The van der Waals surface area contributed by atoms with E-state index in [2.05, 4.69) is 28.3 Å². The Kier molecular flexibility index (Phi) is 7.45. The topological polar surface area (TPSA) is 91.7 Å². The molecule has 10 heteroatoms. The van der Waals surface area contributed by atoms with Crippen molar-refractivity contribution in [1.29, 1.82) is 0 Å². The van der Waals surface area contributed by atoms with Crippen LogP contribution in [0.2, 0.25) is 0 Å². The summed E-state index contributed by atoms with van der Waals surface area (Å²) < 4.78 is 20.3. The molecule has 0 radical (unpaired) electrons. The monoisotopic (exact) mass is 597 g/mol. The zero-order chi connectivity index (χ0) is 29.3. The molecular weight excluding hydrogens is 571 g/mol. The molecule has 3 heterocycles. The molecule has 6 rings (SSSR count). The number of nitrogens with one attached hydrogen (secondary N) is 1. The number of nitrogens with zero attached hydrogens (tertiary/aromatic N) is 2. The smallest absolute Gasteiger partial charge is 0.413 e. The summed E-state index contributed by atoms with van der Waals surface area (Å²) >= 11 is 3.16. The number of anilines is 1. The number of benzene rings is 2. The highest BCUT2D eigenvalue weighted by Gasteiger charge is 2.54. The van der Waals surface area contributed by atoms with Crippen LogP contribution in [0.25, 0.3) is 9.40 Å². The first-order valence-electron chi connectivity index (χ1n) is 13.3. The zero-order valence-electron chi connectivity index (χ0n) is 23.2. The average Bonchev–Trinajstić information content (AvgIpc) is 3.42. The number of amides is 1. The Morgan fingerprint density at radius 3 is 2.43 bits per heavy atom. The van der Waals surface area contributed by atoms with Gasteiger partial charge in [-0.05, 0) is 49.6 Å². The first kappa shape index (κ1) is 27.6. The molecule has 8 nitrogen and oxygen atoms in total. The van der Waals surface area contributed by atoms with E-state index >= 15 is 0 Å². The Labute approximate surface area is 250 Å². The first-order chi connectivity index (χ1) is 20.4. The Morgan fingerprint density at radius 1 is 1.00 bits per heavy atom. The van der Waals surface area contributed by atoms with Crippen LogP contribution in [0, 0.1) is 11.8 Å². The van der Waals surface area contributed by atoms with Gasteiger partial charge in [0.15, 0.2) is 11.5 Å². The van der Waals surface area contributed by atoms with E-state index in [-0.39, 0.29) is 5.97 Å². The molecule has 212 valence electrons. The lowest BCUT2D eigenvalue weighted by Gasteiger charge is -2.14. The molecule has 1 aliphatic carbocycles. The summed E-state index contributed by atoms with van der Waals surface area (Å²) in [6.45, 7) is 1.82. The number of hydrogen-bond donors (Lipinski definition) is 1. The van der Waals surface area contributed by atoms with E-state index < -0.39 is 17.6 Å². The number of para-hydroxylation sites is 2. The van der Waals surface area contributed by atoms with Gasteiger partial charge in [-0.1, -0.05) is 54.3 Å². The van der Waals surface area contributed by atoms with Gasteiger partial charge in [0, 0.05) is 21.3 Å². The maximum absolute atomic E-state index is 13.2. The normalized spacial score (nSPS) is 14.0. The summed E-state index contributed by atoms with van der Waals surface area (Å²) in [4.78, 5) is 27.7. The summed E-state index contributed by atoms with van der Waals surface area (Å²) in [5, 5.41) is 7.03. The van der Waals surface area contributed by atoms with Gasteiger partial charge in [0.2, 0.25) is 0 Å². The van der Waals surface area contributed by atoms with E-state index in [0.29, 0.717) is 22.9 Å². The lowest BCUT2D eigenvalue weighted by atomic mass is 10.1. The number of carbonyl (C=O) groups excluding carboxylic acids is 2. The van der Waals surface area contributed by atoms with Gasteiger partial charge in [0.25, 0.3) is 0 Å². The van der Waals surface area contributed by atoms with Crippen LogP contribution in [0.4, 0.5) is 10.6 Å². The molecule has 5 aromatic rings. The average molecular weight is 598 g/mol. The predicted molar refractivity (Wildman–Crippen MR) is 163 cm³/mol. The number of aromatic nitrogens is 2. The number of hydrogen-bond acceptors (Lipinski definition) is 8. The minimum absolute atomic E-state index is 0.255. The van der Waals surface area contributed by atoms with Crippen LogP contribution in [0.15, 0.2) is 72.9 Å². The van der Waals surface area contributed by atoms with Crippen molar-refractivity contribution < 1.29 is 23.8 Å². The number of thiophene rings is 2. The van der Waals surface area contributed by atoms with Crippen LogP contribution in [-0.4, -0.2) is 29.0 Å². The van der Waals surface area contributed by atoms with E-state index in [4.69, 9.17) is 14.2 Å². The molecule has 1 aliphatic rings. The predicted octanol–water partition coefficient (Wildman–Crippen LogP) is 7.05. The molecule has 42 heavy (non-hydrogen) atoms. The molecular formula is C32H27N3O5S2. The Balaban J connectivity index is 1.15. The van der Waals surface area contributed by atoms with Crippen molar-refractivity contribution in [3.8, 4) is 23.3 Å². The maximum Gasteiger partial charge on any atom is 0.413 e. The fraction of sp³-hybridized carbons (Fsp3) is 0.219. The molecule has 0 bridgehead atoms. The second-order valence-corrected chi connectivity index (χ2v) is 12.1. The highest BCUT2D eigenvalue weighted by Crippen LogP contribution is 2.53. The molecule has 0 unspecified atom stereocenters. The first-order valence-corrected chi connectivity index (χ1v) is 15.0. The van der Waals surface area contributed by atoms with Crippen molar-refractivity contribution in [3.63, 3.8) is 0 Å². The number of aryl methyl sites for hydroxylation is 1. The van der Waals surface area contributed by atoms with E-state index in [0.717, 1.165) is 37.6 Å².